The lowest BCUT2D eigenvalue weighted by Gasteiger charge is -2.18. The number of anilines is 1. The van der Waals surface area contributed by atoms with Crippen molar-refractivity contribution in [2.24, 2.45) is 17.0 Å². The first-order valence-electron chi connectivity index (χ1n) is 10.5. The molecule has 176 valence electrons. The standard InChI is InChI=1S/C19H28N6O6S/c20-32(28,29)31-10-13-5-14(6-17(13)26)23-19-15(7-21-11-22-19)18(27)16-1-3-25(24-16)8-12-2-4-30-9-12/h1,3,7,11-14,17-18,26-27H,2,4-6,8-10H2,(H2,20,28,29)(H,21,22,23)/t12?,13-,14-,17+,18?/m1/s1. The first-order valence-corrected chi connectivity index (χ1v) is 12.0. The fourth-order valence-corrected chi connectivity index (χ4v) is 4.58. The van der Waals surface area contributed by atoms with Gasteiger partial charge in [-0.15, -0.1) is 0 Å². The third-order valence-electron chi connectivity index (χ3n) is 5.89. The maximum absolute atomic E-state index is 11.0. The van der Waals surface area contributed by atoms with E-state index in [9.17, 15) is 18.6 Å². The zero-order valence-corrected chi connectivity index (χ0v) is 18.3. The van der Waals surface area contributed by atoms with E-state index in [-0.39, 0.29) is 12.6 Å². The van der Waals surface area contributed by atoms with Crippen LogP contribution < -0.4 is 10.5 Å². The smallest absolute Gasteiger partial charge is 0.333 e. The van der Waals surface area contributed by atoms with Crippen LogP contribution in [0.25, 0.3) is 0 Å². The van der Waals surface area contributed by atoms with E-state index in [4.69, 9.17) is 9.88 Å². The zero-order valence-electron chi connectivity index (χ0n) is 17.4. The van der Waals surface area contributed by atoms with Crippen molar-refractivity contribution in [2.45, 2.75) is 44.1 Å². The lowest BCUT2D eigenvalue weighted by Crippen LogP contribution is -2.24. The molecule has 2 aromatic rings. The van der Waals surface area contributed by atoms with Crippen LogP contribution in [-0.2, 0) is 25.8 Å². The molecule has 0 bridgehead atoms. The Balaban J connectivity index is 1.41. The van der Waals surface area contributed by atoms with Crippen molar-refractivity contribution in [2.75, 3.05) is 25.1 Å². The molecule has 2 aromatic heterocycles. The molecule has 4 rings (SSSR count). The molecule has 0 radical (unpaired) electrons. The molecule has 13 heteroatoms. The Kier molecular flexibility index (Phi) is 7.02. The molecule has 32 heavy (non-hydrogen) atoms. The van der Waals surface area contributed by atoms with Crippen LogP contribution in [0.2, 0.25) is 0 Å². The summed E-state index contributed by atoms with van der Waals surface area (Å²) in [6.07, 6.45) is 4.75. The Morgan fingerprint density at radius 2 is 2.25 bits per heavy atom. The number of hydrogen-bond donors (Lipinski definition) is 4. The van der Waals surface area contributed by atoms with Crippen LogP contribution in [0.5, 0.6) is 0 Å². The van der Waals surface area contributed by atoms with Crippen molar-refractivity contribution >= 4 is 16.1 Å². The van der Waals surface area contributed by atoms with Crippen molar-refractivity contribution in [3.05, 3.63) is 36.0 Å². The molecule has 0 spiro atoms. The number of aromatic nitrogens is 4. The lowest BCUT2D eigenvalue weighted by atomic mass is 10.1. The molecule has 2 aliphatic rings. The lowest BCUT2D eigenvalue weighted by molar-refractivity contribution is 0.101. The number of ether oxygens (including phenoxy) is 1. The summed E-state index contributed by atoms with van der Waals surface area (Å²) in [7, 11) is -4.07. The van der Waals surface area contributed by atoms with Crippen LogP contribution in [-0.4, -0.2) is 70.3 Å². The molecular formula is C19H28N6O6S. The van der Waals surface area contributed by atoms with E-state index >= 15 is 0 Å². The largest absolute Gasteiger partial charge is 0.393 e. The van der Waals surface area contributed by atoms with Crippen molar-refractivity contribution in [3.8, 4) is 0 Å². The normalized spacial score (nSPS) is 27.0. The van der Waals surface area contributed by atoms with Crippen molar-refractivity contribution in [1.82, 2.24) is 19.7 Å². The Bertz CT molecular complexity index is 1010. The fraction of sp³-hybridized carbons (Fsp3) is 0.632. The monoisotopic (exact) mass is 468 g/mol. The quantitative estimate of drug-likeness (QED) is 0.378. The van der Waals surface area contributed by atoms with E-state index in [1.807, 2.05) is 6.20 Å². The van der Waals surface area contributed by atoms with Gasteiger partial charge in [0.05, 0.1) is 25.0 Å². The van der Waals surface area contributed by atoms with E-state index in [1.165, 1.54) is 12.5 Å². The molecule has 5 atom stereocenters. The summed E-state index contributed by atoms with van der Waals surface area (Å²) in [5, 5.41) is 33.8. The van der Waals surface area contributed by atoms with Crippen LogP contribution in [0.3, 0.4) is 0 Å². The predicted octanol–water partition coefficient (Wildman–Crippen LogP) is -0.437. The third kappa shape index (κ3) is 5.79. The third-order valence-corrected chi connectivity index (χ3v) is 6.36. The van der Waals surface area contributed by atoms with Gasteiger partial charge in [-0.25, -0.2) is 15.1 Å². The van der Waals surface area contributed by atoms with Gasteiger partial charge in [-0.1, -0.05) is 0 Å². The Morgan fingerprint density at radius 1 is 1.41 bits per heavy atom. The van der Waals surface area contributed by atoms with Crippen LogP contribution in [0.4, 0.5) is 5.82 Å². The molecule has 1 aliphatic carbocycles. The molecule has 1 saturated carbocycles. The molecule has 0 aromatic carbocycles. The summed E-state index contributed by atoms with van der Waals surface area (Å²) < 4.78 is 33.9. The maximum atomic E-state index is 11.0. The summed E-state index contributed by atoms with van der Waals surface area (Å²) in [6, 6.07) is 1.57. The molecule has 0 amide bonds. The number of aliphatic hydroxyl groups excluding tert-OH is 2. The second kappa shape index (κ2) is 9.77. The zero-order chi connectivity index (χ0) is 22.7. The van der Waals surface area contributed by atoms with Gasteiger partial charge in [0.15, 0.2) is 0 Å². The van der Waals surface area contributed by atoms with Gasteiger partial charge >= 0.3 is 10.3 Å². The molecule has 2 unspecified atom stereocenters. The number of nitrogens with zero attached hydrogens (tertiary/aromatic N) is 4. The van der Waals surface area contributed by atoms with Crippen LogP contribution in [0.15, 0.2) is 24.8 Å². The highest BCUT2D eigenvalue weighted by Crippen LogP contribution is 2.32. The van der Waals surface area contributed by atoms with Crippen molar-refractivity contribution < 1.29 is 27.6 Å². The highest BCUT2D eigenvalue weighted by atomic mass is 32.2. The average Bonchev–Trinajstić information content (AvgIpc) is 3.48. The highest BCUT2D eigenvalue weighted by Gasteiger charge is 2.35. The molecule has 1 aliphatic heterocycles. The number of aliphatic hydroxyl groups is 2. The van der Waals surface area contributed by atoms with Crippen LogP contribution in [0, 0.1) is 11.8 Å². The van der Waals surface area contributed by atoms with E-state index in [0.717, 1.165) is 26.2 Å². The summed E-state index contributed by atoms with van der Waals surface area (Å²) in [5.74, 6) is 0.449. The summed E-state index contributed by atoms with van der Waals surface area (Å²) in [6.45, 7) is 2.02. The van der Waals surface area contributed by atoms with Gasteiger partial charge in [-0.05, 0) is 25.3 Å². The molecular weight excluding hydrogens is 440 g/mol. The van der Waals surface area contributed by atoms with E-state index in [1.54, 1.807) is 10.7 Å². The second-order valence-electron chi connectivity index (χ2n) is 8.34. The fourth-order valence-electron chi connectivity index (χ4n) is 4.21. The minimum Gasteiger partial charge on any atom is -0.393 e. The first-order chi connectivity index (χ1) is 15.3. The van der Waals surface area contributed by atoms with Gasteiger partial charge in [-0.3, -0.25) is 8.86 Å². The molecule has 2 fully saturated rings. The Labute approximate surface area is 186 Å². The summed E-state index contributed by atoms with van der Waals surface area (Å²) >= 11 is 0. The summed E-state index contributed by atoms with van der Waals surface area (Å²) in [4.78, 5) is 8.28. The number of nitrogens with two attached hydrogens (primary N) is 1. The van der Waals surface area contributed by atoms with Crippen molar-refractivity contribution in [3.63, 3.8) is 0 Å². The van der Waals surface area contributed by atoms with Gasteiger partial charge in [0.2, 0.25) is 0 Å². The number of nitrogens with one attached hydrogen (secondary N) is 1. The number of rotatable bonds is 9. The van der Waals surface area contributed by atoms with Gasteiger partial charge in [-0.2, -0.15) is 13.5 Å². The number of hydrogen-bond acceptors (Lipinski definition) is 10. The maximum Gasteiger partial charge on any atom is 0.333 e. The molecule has 3 heterocycles. The Morgan fingerprint density at radius 3 is 3.00 bits per heavy atom. The van der Waals surface area contributed by atoms with Gasteiger partial charge < -0.3 is 20.3 Å². The minimum atomic E-state index is -4.07. The van der Waals surface area contributed by atoms with Gasteiger partial charge in [0.1, 0.15) is 18.2 Å². The first kappa shape index (κ1) is 23.0. The molecule has 1 saturated heterocycles. The van der Waals surface area contributed by atoms with Crippen LogP contribution >= 0.6 is 0 Å². The topological polar surface area (TPSA) is 175 Å². The highest BCUT2D eigenvalue weighted by molar-refractivity contribution is 7.84. The Hall–Kier alpha value is -2.16. The van der Waals surface area contributed by atoms with Crippen molar-refractivity contribution in [1.29, 1.82) is 0 Å². The summed E-state index contributed by atoms with van der Waals surface area (Å²) in [5.41, 5.74) is 0.938. The minimum absolute atomic E-state index is 0.194. The predicted molar refractivity (Wildman–Crippen MR) is 112 cm³/mol. The molecule has 12 nitrogen and oxygen atoms in total. The van der Waals surface area contributed by atoms with Gasteiger partial charge in [0, 0.05) is 49.0 Å². The van der Waals surface area contributed by atoms with E-state index in [2.05, 4.69) is 24.6 Å². The average molecular weight is 469 g/mol. The second-order valence-corrected chi connectivity index (χ2v) is 9.56. The molecule has 5 N–H and O–H groups in total. The van der Waals surface area contributed by atoms with E-state index in [0.29, 0.717) is 35.8 Å². The van der Waals surface area contributed by atoms with Crippen LogP contribution in [0.1, 0.15) is 36.6 Å². The van der Waals surface area contributed by atoms with E-state index < -0.39 is 28.4 Å². The van der Waals surface area contributed by atoms with Gasteiger partial charge in [0.25, 0.3) is 0 Å². The SMILES string of the molecule is NS(=O)(=O)OC[C@H]1C[C@@H](Nc2ncncc2C(O)c2ccn(CC3CCOC3)n2)C[C@@H]1O.